The van der Waals surface area contributed by atoms with Crippen LogP contribution in [0.4, 0.5) is 0 Å². The van der Waals surface area contributed by atoms with E-state index in [1.54, 1.807) is 11.8 Å². The second kappa shape index (κ2) is 6.07. The number of halogens is 1. The molecule has 1 unspecified atom stereocenters. The minimum Gasteiger partial charge on any atom is -0.337 e. The van der Waals surface area contributed by atoms with E-state index in [1.165, 1.54) is 11.3 Å². The quantitative estimate of drug-likeness (QED) is 0.843. The van der Waals surface area contributed by atoms with E-state index >= 15 is 0 Å². The Morgan fingerprint density at radius 3 is 2.75 bits per heavy atom. The van der Waals surface area contributed by atoms with Crippen molar-refractivity contribution in [3.63, 3.8) is 0 Å². The van der Waals surface area contributed by atoms with Crippen LogP contribution in [-0.2, 0) is 0 Å². The van der Waals surface area contributed by atoms with E-state index in [0.29, 0.717) is 0 Å². The fourth-order valence-electron chi connectivity index (χ4n) is 1.29. The molecule has 0 aliphatic carbocycles. The SMILES string of the molecule is CSCC(C)N(C)C(=O)c1cc(C)c(Br)s1. The number of thioether (sulfide) groups is 1. The Morgan fingerprint density at radius 1 is 1.69 bits per heavy atom. The van der Waals surface area contributed by atoms with Gasteiger partial charge in [-0.05, 0) is 47.7 Å². The number of thiophene rings is 1. The molecule has 0 spiro atoms. The third-order valence-corrected chi connectivity index (χ3v) is 5.40. The molecule has 0 saturated carbocycles. The van der Waals surface area contributed by atoms with Gasteiger partial charge >= 0.3 is 0 Å². The zero-order valence-electron chi connectivity index (χ0n) is 9.91. The first-order valence-electron chi connectivity index (χ1n) is 4.99. The van der Waals surface area contributed by atoms with Gasteiger partial charge in [-0.2, -0.15) is 11.8 Å². The molecule has 1 aromatic rings. The fraction of sp³-hybridized carbons (Fsp3) is 0.545. The minimum atomic E-state index is 0.111. The lowest BCUT2D eigenvalue weighted by molar-refractivity contribution is 0.0762. The van der Waals surface area contributed by atoms with Gasteiger partial charge in [0.25, 0.3) is 5.91 Å². The van der Waals surface area contributed by atoms with Crippen LogP contribution in [0.1, 0.15) is 22.2 Å². The number of carbonyl (C=O) groups excluding carboxylic acids is 1. The highest BCUT2D eigenvalue weighted by Crippen LogP contribution is 2.28. The van der Waals surface area contributed by atoms with Gasteiger partial charge in [0.15, 0.2) is 0 Å². The molecule has 1 rings (SSSR count). The summed E-state index contributed by atoms with van der Waals surface area (Å²) in [5.74, 6) is 1.08. The molecule has 0 bridgehead atoms. The van der Waals surface area contributed by atoms with Gasteiger partial charge in [0, 0.05) is 18.8 Å². The second-order valence-electron chi connectivity index (χ2n) is 3.79. The maximum Gasteiger partial charge on any atom is 0.263 e. The smallest absolute Gasteiger partial charge is 0.263 e. The summed E-state index contributed by atoms with van der Waals surface area (Å²) >= 11 is 6.71. The molecule has 0 radical (unpaired) electrons. The highest BCUT2D eigenvalue weighted by atomic mass is 79.9. The molecule has 1 amide bonds. The van der Waals surface area contributed by atoms with Crippen LogP contribution in [0.3, 0.4) is 0 Å². The molecule has 0 aliphatic rings. The van der Waals surface area contributed by atoms with Crippen LogP contribution in [0.15, 0.2) is 9.85 Å². The molecular formula is C11H16BrNOS2. The lowest BCUT2D eigenvalue weighted by Gasteiger charge is -2.23. The van der Waals surface area contributed by atoms with Crippen molar-refractivity contribution >= 4 is 44.9 Å². The predicted octanol–water partition coefficient (Wildman–Crippen LogP) is 3.64. The molecular weight excluding hydrogens is 306 g/mol. The highest BCUT2D eigenvalue weighted by molar-refractivity contribution is 9.11. The summed E-state index contributed by atoms with van der Waals surface area (Å²) in [6.45, 7) is 4.08. The Morgan fingerprint density at radius 2 is 2.31 bits per heavy atom. The van der Waals surface area contributed by atoms with Gasteiger partial charge in [0.1, 0.15) is 0 Å². The summed E-state index contributed by atoms with van der Waals surface area (Å²) < 4.78 is 1.04. The Labute approximate surface area is 114 Å². The van der Waals surface area contributed by atoms with Crippen LogP contribution in [0.5, 0.6) is 0 Å². The van der Waals surface area contributed by atoms with Crippen molar-refractivity contribution in [1.29, 1.82) is 0 Å². The van der Waals surface area contributed by atoms with Gasteiger partial charge in [-0.15, -0.1) is 11.3 Å². The van der Waals surface area contributed by atoms with Crippen molar-refractivity contribution in [3.8, 4) is 0 Å². The predicted molar refractivity (Wildman–Crippen MR) is 76.7 cm³/mol. The summed E-state index contributed by atoms with van der Waals surface area (Å²) in [7, 11) is 1.87. The van der Waals surface area contributed by atoms with Crippen LogP contribution in [-0.4, -0.2) is 35.9 Å². The molecule has 2 nitrogen and oxygen atoms in total. The van der Waals surface area contributed by atoms with E-state index in [0.717, 1.165) is 20.0 Å². The third-order valence-electron chi connectivity index (χ3n) is 2.46. The average molecular weight is 322 g/mol. The molecule has 16 heavy (non-hydrogen) atoms. The van der Waals surface area contributed by atoms with E-state index in [-0.39, 0.29) is 11.9 Å². The number of amides is 1. The molecule has 0 aromatic carbocycles. The fourth-order valence-corrected chi connectivity index (χ4v) is 3.52. The molecule has 0 saturated heterocycles. The number of hydrogen-bond donors (Lipinski definition) is 0. The summed E-state index contributed by atoms with van der Waals surface area (Å²) in [5, 5.41) is 0. The van der Waals surface area contributed by atoms with Crippen LogP contribution in [0.2, 0.25) is 0 Å². The van der Waals surface area contributed by atoms with Gasteiger partial charge in [-0.3, -0.25) is 4.79 Å². The maximum atomic E-state index is 12.1. The third kappa shape index (κ3) is 3.25. The normalized spacial score (nSPS) is 12.6. The number of aryl methyl sites for hydroxylation is 1. The molecule has 1 heterocycles. The van der Waals surface area contributed by atoms with Crippen LogP contribution < -0.4 is 0 Å². The van der Waals surface area contributed by atoms with Gasteiger partial charge in [0.2, 0.25) is 0 Å². The second-order valence-corrected chi connectivity index (χ2v) is 7.07. The van der Waals surface area contributed by atoms with Gasteiger partial charge < -0.3 is 4.90 Å². The first-order valence-corrected chi connectivity index (χ1v) is 7.99. The van der Waals surface area contributed by atoms with E-state index in [9.17, 15) is 4.79 Å². The lowest BCUT2D eigenvalue weighted by atomic mass is 10.3. The van der Waals surface area contributed by atoms with Crippen molar-refractivity contribution in [1.82, 2.24) is 4.90 Å². The Kier molecular flexibility index (Phi) is 5.34. The van der Waals surface area contributed by atoms with Crippen molar-refractivity contribution in [2.24, 2.45) is 0 Å². The standard InChI is InChI=1S/C11H16BrNOS2/c1-7-5-9(16-10(7)12)11(14)13(3)8(2)6-15-4/h5,8H,6H2,1-4H3. The van der Waals surface area contributed by atoms with Gasteiger partial charge in [0.05, 0.1) is 8.66 Å². The summed E-state index contributed by atoms with van der Waals surface area (Å²) in [6.07, 6.45) is 2.06. The van der Waals surface area contributed by atoms with Crippen molar-refractivity contribution in [2.45, 2.75) is 19.9 Å². The molecule has 0 N–H and O–H groups in total. The zero-order valence-corrected chi connectivity index (χ0v) is 13.1. The minimum absolute atomic E-state index is 0.111. The average Bonchev–Trinajstić information content (AvgIpc) is 2.57. The van der Waals surface area contributed by atoms with Crippen molar-refractivity contribution < 1.29 is 4.79 Å². The first kappa shape index (κ1) is 14.1. The number of hydrogen-bond acceptors (Lipinski definition) is 3. The summed E-state index contributed by atoms with van der Waals surface area (Å²) in [4.78, 5) is 14.8. The summed E-state index contributed by atoms with van der Waals surface area (Å²) in [5.41, 5.74) is 1.12. The molecule has 1 aromatic heterocycles. The van der Waals surface area contributed by atoms with Crippen molar-refractivity contribution in [3.05, 3.63) is 20.3 Å². The van der Waals surface area contributed by atoms with Crippen molar-refractivity contribution in [2.75, 3.05) is 19.1 Å². The van der Waals surface area contributed by atoms with Crippen LogP contribution >= 0.6 is 39.0 Å². The lowest BCUT2D eigenvalue weighted by Crippen LogP contribution is -2.36. The Balaban J connectivity index is 2.77. The van der Waals surface area contributed by atoms with E-state index in [1.807, 2.05) is 24.9 Å². The van der Waals surface area contributed by atoms with Gasteiger partial charge in [-0.1, -0.05) is 0 Å². The molecule has 90 valence electrons. The maximum absolute atomic E-state index is 12.1. The van der Waals surface area contributed by atoms with E-state index < -0.39 is 0 Å². The monoisotopic (exact) mass is 321 g/mol. The molecule has 0 fully saturated rings. The molecule has 0 aliphatic heterocycles. The van der Waals surface area contributed by atoms with E-state index in [2.05, 4.69) is 29.1 Å². The highest BCUT2D eigenvalue weighted by Gasteiger charge is 2.19. The molecule has 1 atom stereocenters. The number of carbonyl (C=O) groups is 1. The Hall–Kier alpha value is -0.0000000000000000833. The number of rotatable bonds is 4. The largest absolute Gasteiger partial charge is 0.337 e. The topological polar surface area (TPSA) is 20.3 Å². The molecule has 5 heteroatoms. The summed E-state index contributed by atoms with van der Waals surface area (Å²) in [6, 6.07) is 2.21. The van der Waals surface area contributed by atoms with Gasteiger partial charge in [-0.25, -0.2) is 0 Å². The number of nitrogens with zero attached hydrogens (tertiary/aromatic N) is 1. The van der Waals surface area contributed by atoms with Crippen LogP contribution in [0.25, 0.3) is 0 Å². The van der Waals surface area contributed by atoms with Crippen LogP contribution in [0, 0.1) is 6.92 Å². The van der Waals surface area contributed by atoms with E-state index in [4.69, 9.17) is 0 Å². The zero-order chi connectivity index (χ0) is 12.3. The first-order chi connectivity index (χ1) is 7.47. The Bertz CT molecular complexity index is 359.